The van der Waals surface area contributed by atoms with Crippen molar-refractivity contribution in [3.05, 3.63) is 53.6 Å². The van der Waals surface area contributed by atoms with Crippen molar-refractivity contribution in [3.63, 3.8) is 0 Å². The van der Waals surface area contributed by atoms with Crippen LogP contribution in [0.25, 0.3) is 11.1 Å². The molecule has 0 bridgehead atoms. The molecule has 0 aromatic heterocycles. The Morgan fingerprint density at radius 1 is 1.00 bits per heavy atom. The second kappa shape index (κ2) is 4.85. The second-order valence-corrected chi connectivity index (χ2v) is 4.82. The van der Waals surface area contributed by atoms with Crippen LogP contribution in [0.1, 0.15) is 30.9 Å². The summed E-state index contributed by atoms with van der Waals surface area (Å²) in [6, 6.07) is 15.0. The number of ether oxygens (including phenoxy) is 1. The molecule has 0 fully saturated rings. The molecule has 0 unspecified atom stereocenters. The van der Waals surface area contributed by atoms with Crippen LogP contribution >= 0.6 is 0 Å². The summed E-state index contributed by atoms with van der Waals surface area (Å²) in [5.74, 6) is 1.07. The van der Waals surface area contributed by atoms with Crippen LogP contribution in [0.4, 0.5) is 0 Å². The molecule has 2 aromatic carbocycles. The van der Waals surface area contributed by atoms with Crippen LogP contribution in [0.3, 0.4) is 0 Å². The fourth-order valence-corrected chi connectivity index (χ4v) is 2.59. The highest BCUT2D eigenvalue weighted by Gasteiger charge is 2.20. The van der Waals surface area contributed by atoms with E-state index in [4.69, 9.17) is 4.74 Å². The topological polar surface area (TPSA) is 9.23 Å². The average molecular weight is 238 g/mol. The highest BCUT2D eigenvalue weighted by Crippen LogP contribution is 2.40. The molecule has 0 radical (unpaired) electrons. The van der Waals surface area contributed by atoms with E-state index in [1.165, 1.54) is 28.7 Å². The third kappa shape index (κ3) is 1.90. The van der Waals surface area contributed by atoms with E-state index >= 15 is 0 Å². The maximum atomic E-state index is 5.92. The van der Waals surface area contributed by atoms with Gasteiger partial charge in [0.2, 0.25) is 0 Å². The summed E-state index contributed by atoms with van der Waals surface area (Å²) >= 11 is 0. The van der Waals surface area contributed by atoms with Crippen LogP contribution in [0.5, 0.6) is 5.75 Å². The predicted molar refractivity (Wildman–Crippen MR) is 75.1 cm³/mol. The van der Waals surface area contributed by atoms with E-state index < -0.39 is 0 Å². The van der Waals surface area contributed by atoms with Gasteiger partial charge >= 0.3 is 0 Å². The lowest BCUT2D eigenvalue weighted by molar-refractivity contribution is 0.307. The Balaban J connectivity index is 1.93. The van der Waals surface area contributed by atoms with Gasteiger partial charge in [0.05, 0.1) is 6.61 Å². The molecule has 0 N–H and O–H groups in total. The van der Waals surface area contributed by atoms with Crippen LogP contribution < -0.4 is 4.74 Å². The zero-order valence-corrected chi connectivity index (χ0v) is 10.8. The van der Waals surface area contributed by atoms with Gasteiger partial charge in [0.25, 0.3) is 0 Å². The van der Waals surface area contributed by atoms with Gasteiger partial charge in [0.15, 0.2) is 0 Å². The quantitative estimate of drug-likeness (QED) is 0.611. The van der Waals surface area contributed by atoms with E-state index in [2.05, 4.69) is 49.4 Å². The average Bonchev–Trinajstić information content (AvgIpc) is 2.79. The summed E-state index contributed by atoms with van der Waals surface area (Å²) in [4.78, 5) is 0. The first kappa shape index (κ1) is 11.3. The molecule has 18 heavy (non-hydrogen) atoms. The molecular weight excluding hydrogens is 220 g/mol. The van der Waals surface area contributed by atoms with Crippen LogP contribution in [-0.4, -0.2) is 6.61 Å². The van der Waals surface area contributed by atoms with Crippen molar-refractivity contribution in [3.8, 4) is 16.9 Å². The van der Waals surface area contributed by atoms with Gasteiger partial charge in [-0.3, -0.25) is 0 Å². The molecule has 3 rings (SSSR count). The Bertz CT molecular complexity index is 557. The lowest BCUT2D eigenvalue weighted by Crippen LogP contribution is -1.99. The number of fused-ring (bicyclic) bond motifs is 3. The van der Waals surface area contributed by atoms with E-state index in [1.807, 2.05) is 0 Å². The molecular formula is C17H18O. The Morgan fingerprint density at radius 2 is 1.83 bits per heavy atom. The molecule has 0 amide bonds. The molecule has 0 heterocycles. The van der Waals surface area contributed by atoms with Gasteiger partial charge in [-0.25, -0.2) is 0 Å². The SMILES string of the molecule is CCCCOc1cccc2c1Cc1ccccc1-2. The Morgan fingerprint density at radius 3 is 2.72 bits per heavy atom. The smallest absolute Gasteiger partial charge is 0.123 e. The molecule has 0 spiro atoms. The van der Waals surface area contributed by atoms with Crippen molar-refractivity contribution in [1.29, 1.82) is 0 Å². The van der Waals surface area contributed by atoms with Gasteiger partial charge in [0, 0.05) is 12.0 Å². The standard InChI is InChI=1S/C17H18O/c1-2-3-11-18-17-10-6-9-15-14-8-5-4-7-13(14)12-16(15)17/h4-10H,2-3,11-12H2,1H3. The first-order chi connectivity index (χ1) is 8.90. The Hall–Kier alpha value is -1.76. The predicted octanol–water partition coefficient (Wildman–Crippen LogP) is 4.44. The normalized spacial score (nSPS) is 12.1. The number of unbranched alkanes of at least 4 members (excludes halogenated alkanes) is 1. The van der Waals surface area contributed by atoms with Crippen LogP contribution in [0.2, 0.25) is 0 Å². The van der Waals surface area contributed by atoms with Crippen LogP contribution in [0.15, 0.2) is 42.5 Å². The van der Waals surface area contributed by atoms with Gasteiger partial charge in [-0.2, -0.15) is 0 Å². The van der Waals surface area contributed by atoms with Crippen molar-refractivity contribution in [2.45, 2.75) is 26.2 Å². The first-order valence-corrected chi connectivity index (χ1v) is 6.73. The molecule has 1 aliphatic rings. The van der Waals surface area contributed by atoms with E-state index in [-0.39, 0.29) is 0 Å². The summed E-state index contributed by atoms with van der Waals surface area (Å²) in [7, 11) is 0. The molecule has 0 atom stereocenters. The monoisotopic (exact) mass is 238 g/mol. The number of hydrogen-bond acceptors (Lipinski definition) is 1. The molecule has 1 aliphatic carbocycles. The Kier molecular flexibility index (Phi) is 3.06. The van der Waals surface area contributed by atoms with Gasteiger partial charge in [-0.15, -0.1) is 0 Å². The van der Waals surface area contributed by atoms with Gasteiger partial charge < -0.3 is 4.74 Å². The zero-order valence-electron chi connectivity index (χ0n) is 10.8. The highest BCUT2D eigenvalue weighted by atomic mass is 16.5. The lowest BCUT2D eigenvalue weighted by atomic mass is 10.1. The molecule has 2 aromatic rings. The zero-order chi connectivity index (χ0) is 12.4. The third-order valence-electron chi connectivity index (χ3n) is 3.56. The number of hydrogen-bond donors (Lipinski definition) is 0. The van der Waals surface area contributed by atoms with Gasteiger partial charge in [-0.05, 0) is 29.2 Å². The summed E-state index contributed by atoms with van der Waals surface area (Å²) < 4.78 is 5.92. The maximum absolute atomic E-state index is 5.92. The largest absolute Gasteiger partial charge is 0.493 e. The van der Waals surface area contributed by atoms with E-state index in [9.17, 15) is 0 Å². The molecule has 92 valence electrons. The minimum atomic E-state index is 0.823. The minimum Gasteiger partial charge on any atom is -0.493 e. The number of rotatable bonds is 4. The van der Waals surface area contributed by atoms with Crippen LogP contribution in [-0.2, 0) is 6.42 Å². The summed E-state index contributed by atoms with van der Waals surface area (Å²) in [5, 5.41) is 0. The summed E-state index contributed by atoms with van der Waals surface area (Å²) in [6.07, 6.45) is 3.31. The van der Waals surface area contributed by atoms with Crippen molar-refractivity contribution in [1.82, 2.24) is 0 Å². The highest BCUT2D eigenvalue weighted by molar-refractivity contribution is 5.78. The van der Waals surface area contributed by atoms with E-state index in [0.29, 0.717) is 0 Å². The van der Waals surface area contributed by atoms with Crippen molar-refractivity contribution < 1.29 is 4.74 Å². The maximum Gasteiger partial charge on any atom is 0.123 e. The summed E-state index contributed by atoms with van der Waals surface area (Å²) in [5.41, 5.74) is 5.49. The fourth-order valence-electron chi connectivity index (χ4n) is 2.59. The fraction of sp³-hybridized carbons (Fsp3) is 0.294. The molecule has 1 nitrogen and oxygen atoms in total. The van der Waals surface area contributed by atoms with E-state index in [0.717, 1.165) is 25.2 Å². The van der Waals surface area contributed by atoms with Gasteiger partial charge in [-0.1, -0.05) is 49.7 Å². The minimum absolute atomic E-state index is 0.823. The van der Waals surface area contributed by atoms with Crippen molar-refractivity contribution in [2.75, 3.05) is 6.61 Å². The molecule has 0 saturated carbocycles. The second-order valence-electron chi connectivity index (χ2n) is 4.82. The van der Waals surface area contributed by atoms with Gasteiger partial charge in [0.1, 0.15) is 5.75 Å². The van der Waals surface area contributed by atoms with E-state index in [1.54, 1.807) is 0 Å². The summed E-state index contributed by atoms with van der Waals surface area (Å²) in [6.45, 7) is 3.01. The third-order valence-corrected chi connectivity index (χ3v) is 3.56. The lowest BCUT2D eigenvalue weighted by Gasteiger charge is -2.10. The molecule has 0 aliphatic heterocycles. The first-order valence-electron chi connectivity index (χ1n) is 6.73. The van der Waals surface area contributed by atoms with Crippen molar-refractivity contribution >= 4 is 0 Å². The number of benzene rings is 2. The van der Waals surface area contributed by atoms with Crippen molar-refractivity contribution in [2.24, 2.45) is 0 Å². The molecule has 1 heteroatoms. The Labute approximate surface area is 108 Å². The van der Waals surface area contributed by atoms with Crippen LogP contribution in [0, 0.1) is 0 Å². The molecule has 0 saturated heterocycles.